The van der Waals surface area contributed by atoms with Gasteiger partial charge in [0.15, 0.2) is 16.1 Å². The second-order valence-corrected chi connectivity index (χ2v) is 14.5. The van der Waals surface area contributed by atoms with Crippen molar-refractivity contribution in [1.29, 1.82) is 0 Å². The van der Waals surface area contributed by atoms with Crippen molar-refractivity contribution in [3.05, 3.63) is 63.4 Å². The third kappa shape index (κ3) is 9.00. The van der Waals surface area contributed by atoms with E-state index in [2.05, 4.69) is 26.0 Å². The summed E-state index contributed by atoms with van der Waals surface area (Å²) in [6.45, 7) is 7.60. The molecule has 1 fully saturated rings. The van der Waals surface area contributed by atoms with E-state index in [1.807, 2.05) is 0 Å². The number of carbonyl (C=O) groups is 2. The lowest BCUT2D eigenvalue weighted by molar-refractivity contribution is -0.155. The zero-order valence-electron chi connectivity index (χ0n) is 24.1. The van der Waals surface area contributed by atoms with E-state index in [9.17, 15) is 23.7 Å². The zero-order chi connectivity index (χ0) is 32.1. The van der Waals surface area contributed by atoms with Crippen LogP contribution in [0, 0.1) is 5.92 Å². The van der Waals surface area contributed by atoms with Gasteiger partial charge in [-0.25, -0.2) is 9.36 Å². The van der Waals surface area contributed by atoms with Crippen molar-refractivity contribution in [3.63, 3.8) is 0 Å². The van der Waals surface area contributed by atoms with E-state index in [-0.39, 0.29) is 11.7 Å². The highest BCUT2D eigenvalue weighted by Gasteiger charge is 2.59. The Bertz CT molecular complexity index is 1440. The number of ether oxygens (including phenoxy) is 3. The lowest BCUT2D eigenvalue weighted by Crippen LogP contribution is -2.47. The highest BCUT2D eigenvalue weighted by Crippen LogP contribution is 2.51. The molecule has 0 aliphatic carbocycles. The number of alkyl halides is 2. The second-order valence-electron chi connectivity index (χ2n) is 10.4. The number of carbonyl (C=O) groups excluding carboxylic acids is 2. The number of benzene rings is 1. The molecule has 5 unspecified atom stereocenters. The van der Waals surface area contributed by atoms with Crippen molar-refractivity contribution in [2.75, 3.05) is 6.61 Å². The molecule has 1 aliphatic heterocycles. The van der Waals surface area contributed by atoms with E-state index in [1.54, 1.807) is 45.9 Å². The van der Waals surface area contributed by atoms with Crippen LogP contribution in [0.3, 0.4) is 0 Å². The molecular formula is C26H35BrClN4O10P. The second kappa shape index (κ2) is 14.5. The van der Waals surface area contributed by atoms with Crippen LogP contribution in [-0.4, -0.2) is 62.3 Å². The number of aromatic nitrogens is 2. The van der Waals surface area contributed by atoms with Crippen LogP contribution in [-0.2, 0) is 32.9 Å². The molecule has 1 aliphatic rings. The fourth-order valence-corrected chi connectivity index (χ4v) is 6.40. The average Bonchev–Trinajstić information content (AvgIpc) is 3.16. The number of aromatic amines is 1. The van der Waals surface area contributed by atoms with Crippen LogP contribution in [0.2, 0.25) is 0 Å². The topological polar surface area (TPSA) is 190 Å². The molecule has 2 aromatic rings. The number of rotatable bonds is 13. The summed E-state index contributed by atoms with van der Waals surface area (Å²) in [5, 5.41) is 2.55. The van der Waals surface area contributed by atoms with Gasteiger partial charge in [0.25, 0.3) is 5.56 Å². The number of nitrogens with two attached hydrogens (primary N) is 1. The number of para-hydroxylation sites is 1. The number of hydrogen-bond donors (Lipinski definition) is 3. The number of H-pyrrole nitrogens is 1. The largest absolute Gasteiger partial charge is 0.462 e. The molecule has 0 amide bonds. The van der Waals surface area contributed by atoms with Crippen molar-refractivity contribution in [3.8, 4) is 5.75 Å². The van der Waals surface area contributed by atoms with Crippen LogP contribution in [0.5, 0.6) is 5.75 Å². The van der Waals surface area contributed by atoms with Crippen molar-refractivity contribution >= 4 is 47.2 Å². The average molecular weight is 710 g/mol. The van der Waals surface area contributed by atoms with Gasteiger partial charge in [0.1, 0.15) is 23.9 Å². The standard InChI is InChI=1S/C26H35BrClN4O10P/c1-14(2)20(29)23(35)41-21-18(40-24(26(21,27)28)32-12-11-19(33)30-25(32)36)13-38-43(37,42-17-9-7-6-8-10-17)31-16(5)22(34)39-15(3)4/h6-12,14-16,18,20-21,24H,13,29H2,1-5H3,(H,31,37)(H,30,33,36)/t16?,18?,20?,21-,24?,26+,43?/m1/s1. The first-order chi connectivity index (χ1) is 20.0. The first-order valence-electron chi connectivity index (χ1n) is 13.3. The Morgan fingerprint density at radius 2 is 1.81 bits per heavy atom. The molecule has 2 heterocycles. The molecular weight excluding hydrogens is 675 g/mol. The molecule has 14 nitrogen and oxygen atoms in total. The summed E-state index contributed by atoms with van der Waals surface area (Å²) < 4.78 is 41.4. The van der Waals surface area contributed by atoms with E-state index in [0.29, 0.717) is 0 Å². The van der Waals surface area contributed by atoms with Gasteiger partial charge in [-0.2, -0.15) is 5.09 Å². The van der Waals surface area contributed by atoms with Crippen molar-refractivity contribution < 1.29 is 37.4 Å². The van der Waals surface area contributed by atoms with E-state index in [0.717, 1.165) is 16.8 Å². The van der Waals surface area contributed by atoms with Crippen molar-refractivity contribution in [2.45, 2.75) is 75.0 Å². The fourth-order valence-electron chi connectivity index (χ4n) is 3.84. The fraction of sp³-hybridized carbons (Fsp3) is 0.538. The molecule has 0 saturated carbocycles. The first-order valence-corrected chi connectivity index (χ1v) is 16.0. The van der Waals surface area contributed by atoms with Gasteiger partial charge < -0.3 is 24.5 Å². The van der Waals surface area contributed by atoms with Crippen LogP contribution in [0.1, 0.15) is 40.8 Å². The van der Waals surface area contributed by atoms with Gasteiger partial charge in [-0.05, 0) is 38.8 Å². The van der Waals surface area contributed by atoms with Crippen molar-refractivity contribution in [1.82, 2.24) is 14.6 Å². The van der Waals surface area contributed by atoms with Gasteiger partial charge in [0.2, 0.25) is 0 Å². The van der Waals surface area contributed by atoms with E-state index in [1.165, 1.54) is 19.1 Å². The van der Waals surface area contributed by atoms with Crippen molar-refractivity contribution in [2.24, 2.45) is 11.7 Å². The molecule has 0 radical (unpaired) electrons. The highest BCUT2D eigenvalue weighted by molar-refractivity contribution is 9.10. The maximum atomic E-state index is 14.0. The lowest BCUT2D eigenvalue weighted by Gasteiger charge is -2.29. The Balaban J connectivity index is 1.94. The SMILES string of the molecule is CC(C)OC(=O)C(C)NP(=O)(OCC1OC(n2ccc(=O)[nH]c2=O)[C@](Cl)(Br)[C@@H]1OC(=O)C(N)C(C)C)Oc1ccccc1. The monoisotopic (exact) mass is 708 g/mol. The maximum Gasteiger partial charge on any atom is 0.459 e. The maximum absolute atomic E-state index is 14.0. The molecule has 1 aromatic heterocycles. The van der Waals surface area contributed by atoms with Crippen LogP contribution in [0.15, 0.2) is 52.2 Å². The minimum absolute atomic E-state index is 0.158. The normalized spacial score (nSPS) is 24.7. The third-order valence-electron chi connectivity index (χ3n) is 6.12. The van der Waals surface area contributed by atoms with Gasteiger partial charge in [-0.15, -0.1) is 0 Å². The minimum Gasteiger partial charge on any atom is -0.462 e. The van der Waals surface area contributed by atoms with Crippen LogP contribution in [0.4, 0.5) is 0 Å². The predicted octanol–water partition coefficient (Wildman–Crippen LogP) is 2.79. The molecule has 238 valence electrons. The summed E-state index contributed by atoms with van der Waals surface area (Å²) in [6, 6.07) is 6.98. The summed E-state index contributed by atoms with van der Waals surface area (Å²) >= 11 is 10.1. The Morgan fingerprint density at radius 1 is 1.16 bits per heavy atom. The summed E-state index contributed by atoms with van der Waals surface area (Å²) in [4.78, 5) is 51.7. The number of hydrogen-bond acceptors (Lipinski definition) is 11. The summed E-state index contributed by atoms with van der Waals surface area (Å²) in [7, 11) is -4.36. The zero-order valence-corrected chi connectivity index (χ0v) is 27.3. The molecule has 1 aromatic carbocycles. The van der Waals surface area contributed by atoms with Gasteiger partial charge in [-0.3, -0.25) is 28.5 Å². The van der Waals surface area contributed by atoms with Crippen LogP contribution in [0.25, 0.3) is 0 Å². The smallest absolute Gasteiger partial charge is 0.459 e. The molecule has 3 rings (SSSR count). The molecule has 0 bridgehead atoms. The lowest BCUT2D eigenvalue weighted by atomic mass is 10.1. The quantitative estimate of drug-likeness (QED) is 0.157. The minimum atomic E-state index is -4.36. The number of esters is 2. The molecule has 17 heteroatoms. The summed E-state index contributed by atoms with van der Waals surface area (Å²) in [5.74, 6) is -1.66. The third-order valence-corrected chi connectivity index (χ3v) is 9.01. The number of nitrogens with one attached hydrogen (secondary N) is 2. The first kappa shape index (κ1) is 35.0. The summed E-state index contributed by atoms with van der Waals surface area (Å²) in [6.07, 6.45) is -3.28. The Morgan fingerprint density at radius 3 is 2.40 bits per heavy atom. The van der Waals surface area contributed by atoms with Crippen LogP contribution < -0.4 is 26.6 Å². The Hall–Kier alpha value is -2.52. The molecule has 4 N–H and O–H groups in total. The van der Waals surface area contributed by atoms with E-state index in [4.69, 9.17) is 40.6 Å². The predicted molar refractivity (Wildman–Crippen MR) is 160 cm³/mol. The van der Waals surface area contributed by atoms with Gasteiger partial charge in [0, 0.05) is 12.3 Å². The molecule has 1 saturated heterocycles. The molecule has 0 spiro atoms. The van der Waals surface area contributed by atoms with E-state index >= 15 is 0 Å². The van der Waals surface area contributed by atoms with Gasteiger partial charge in [0.05, 0.1) is 12.7 Å². The Labute approximate surface area is 261 Å². The molecule has 43 heavy (non-hydrogen) atoms. The summed E-state index contributed by atoms with van der Waals surface area (Å²) in [5.41, 5.74) is 4.47. The molecule has 7 atom stereocenters. The van der Waals surface area contributed by atoms with Gasteiger partial charge in [-0.1, -0.05) is 59.6 Å². The highest BCUT2D eigenvalue weighted by atomic mass is 79.9. The van der Waals surface area contributed by atoms with Gasteiger partial charge >= 0.3 is 25.4 Å². The number of halogens is 2. The van der Waals surface area contributed by atoms with Crippen LogP contribution >= 0.6 is 35.3 Å². The van der Waals surface area contributed by atoms with E-state index < -0.39 is 77.9 Å². The Kier molecular flexibility index (Phi) is 11.8. The number of nitrogens with zero attached hydrogens (tertiary/aromatic N) is 1.